The predicted octanol–water partition coefficient (Wildman–Crippen LogP) is 0.735. The third kappa shape index (κ3) is 3.18. The molecule has 2 amide bonds. The highest BCUT2D eigenvalue weighted by atomic mass is 16.2. The molecule has 1 aliphatic carbocycles. The van der Waals surface area contributed by atoms with Crippen LogP contribution in [0.5, 0.6) is 0 Å². The average Bonchev–Trinajstić information content (AvgIpc) is 3.55. The van der Waals surface area contributed by atoms with Gasteiger partial charge in [0.25, 0.3) is 0 Å². The summed E-state index contributed by atoms with van der Waals surface area (Å²) in [7, 11) is 1.84. The van der Waals surface area contributed by atoms with Crippen LogP contribution < -0.4 is 9.80 Å². The number of hydrogen-bond donors (Lipinski definition) is 0. The predicted molar refractivity (Wildman–Crippen MR) is 105 cm³/mol. The van der Waals surface area contributed by atoms with Gasteiger partial charge < -0.3 is 19.6 Å². The number of rotatable bonds is 3. The van der Waals surface area contributed by atoms with E-state index in [2.05, 4.69) is 19.8 Å². The van der Waals surface area contributed by atoms with E-state index in [0.717, 1.165) is 50.7 Å². The van der Waals surface area contributed by atoms with Crippen LogP contribution in [0.3, 0.4) is 0 Å². The van der Waals surface area contributed by atoms with Crippen LogP contribution in [0.15, 0.2) is 12.4 Å². The van der Waals surface area contributed by atoms with Crippen molar-refractivity contribution in [3.05, 3.63) is 12.4 Å². The van der Waals surface area contributed by atoms with Crippen molar-refractivity contribution in [2.45, 2.75) is 44.2 Å². The maximum atomic E-state index is 12.4. The van der Waals surface area contributed by atoms with Gasteiger partial charge in [0.05, 0.1) is 6.54 Å². The first-order chi connectivity index (χ1) is 13.6. The van der Waals surface area contributed by atoms with E-state index in [1.165, 1.54) is 12.8 Å². The zero-order valence-electron chi connectivity index (χ0n) is 16.5. The van der Waals surface area contributed by atoms with Crippen molar-refractivity contribution in [2.24, 2.45) is 5.92 Å². The summed E-state index contributed by atoms with van der Waals surface area (Å²) in [6.45, 7) is 3.74. The van der Waals surface area contributed by atoms with Gasteiger partial charge in [0.2, 0.25) is 11.8 Å². The molecule has 0 aromatic carbocycles. The number of anilines is 2. The Labute approximate surface area is 165 Å². The van der Waals surface area contributed by atoms with Gasteiger partial charge >= 0.3 is 0 Å². The van der Waals surface area contributed by atoms with Crippen molar-refractivity contribution in [1.82, 2.24) is 19.8 Å². The van der Waals surface area contributed by atoms with Crippen molar-refractivity contribution in [3.8, 4) is 0 Å². The molecule has 0 radical (unpaired) electrons. The number of hydrogen-bond acceptors (Lipinski definition) is 6. The summed E-state index contributed by atoms with van der Waals surface area (Å²) in [6.07, 6.45) is 6.65. The Balaban J connectivity index is 1.30. The molecule has 3 saturated heterocycles. The molecule has 4 aliphatic rings. The summed E-state index contributed by atoms with van der Waals surface area (Å²) in [4.78, 5) is 41.7. The van der Waals surface area contributed by atoms with Crippen molar-refractivity contribution in [1.29, 1.82) is 0 Å². The number of likely N-dealkylation sites (N-methyl/N-ethyl adjacent to an activating group) is 1. The van der Waals surface area contributed by atoms with Crippen LogP contribution in [0, 0.1) is 5.92 Å². The normalized spacial score (nSPS) is 28.6. The molecule has 0 bridgehead atoms. The van der Waals surface area contributed by atoms with Crippen molar-refractivity contribution < 1.29 is 9.59 Å². The van der Waals surface area contributed by atoms with Crippen molar-refractivity contribution >= 4 is 23.5 Å². The van der Waals surface area contributed by atoms with Crippen LogP contribution >= 0.6 is 0 Å². The van der Waals surface area contributed by atoms with E-state index in [4.69, 9.17) is 0 Å². The summed E-state index contributed by atoms with van der Waals surface area (Å²) in [5.74, 6) is 2.77. The molecule has 0 N–H and O–H groups in total. The lowest BCUT2D eigenvalue weighted by Crippen LogP contribution is -2.56. The van der Waals surface area contributed by atoms with Gasteiger partial charge in [0, 0.05) is 57.8 Å². The Morgan fingerprint density at radius 2 is 1.71 bits per heavy atom. The van der Waals surface area contributed by atoms with Gasteiger partial charge in [0.1, 0.15) is 18.0 Å². The van der Waals surface area contributed by atoms with Gasteiger partial charge in [-0.3, -0.25) is 9.59 Å². The van der Waals surface area contributed by atoms with Crippen LogP contribution in [0.4, 0.5) is 11.6 Å². The highest BCUT2D eigenvalue weighted by Gasteiger charge is 2.45. The number of piperidine rings is 2. The Morgan fingerprint density at radius 3 is 2.46 bits per heavy atom. The molecule has 150 valence electrons. The summed E-state index contributed by atoms with van der Waals surface area (Å²) < 4.78 is 0. The molecule has 2 unspecified atom stereocenters. The minimum atomic E-state index is 0.124. The summed E-state index contributed by atoms with van der Waals surface area (Å²) in [5.41, 5.74) is 0. The van der Waals surface area contributed by atoms with E-state index in [9.17, 15) is 9.59 Å². The first-order valence-electron chi connectivity index (χ1n) is 10.5. The number of carbonyl (C=O) groups excluding carboxylic acids is 2. The zero-order chi connectivity index (χ0) is 19.3. The third-order valence-corrected chi connectivity index (χ3v) is 6.75. The van der Waals surface area contributed by atoms with E-state index in [0.29, 0.717) is 36.9 Å². The number of fused-ring (bicyclic) bond motifs is 1. The molecule has 8 nitrogen and oxygen atoms in total. The number of aromatic nitrogens is 2. The lowest BCUT2D eigenvalue weighted by Gasteiger charge is -2.47. The minimum absolute atomic E-state index is 0.124. The molecule has 2 atom stereocenters. The van der Waals surface area contributed by atoms with Crippen LogP contribution in [0.1, 0.15) is 32.1 Å². The zero-order valence-corrected chi connectivity index (χ0v) is 16.5. The number of likely N-dealkylation sites (tertiary alicyclic amines) is 1. The van der Waals surface area contributed by atoms with Crippen molar-refractivity contribution in [2.75, 3.05) is 49.6 Å². The molecular formula is C20H28N6O2. The number of piperazine rings is 1. The molecule has 1 aromatic heterocycles. The topological polar surface area (TPSA) is 72.9 Å². The second-order valence-corrected chi connectivity index (χ2v) is 8.60. The first-order valence-corrected chi connectivity index (χ1v) is 10.5. The van der Waals surface area contributed by atoms with Crippen LogP contribution in [0.25, 0.3) is 0 Å². The molecule has 1 aromatic rings. The molecular weight excluding hydrogens is 356 g/mol. The minimum Gasteiger partial charge on any atom is -0.356 e. The molecule has 5 rings (SSSR count). The Kier molecular flexibility index (Phi) is 4.36. The van der Waals surface area contributed by atoms with E-state index in [1.807, 2.05) is 18.0 Å². The standard InChI is InChI=1S/C20H28N6O2/c1-23-8-9-25(12-20(23)28)18-10-17(21-13-22-18)24-7-6-16-14(11-24)2-5-19(27)26(16)15-3-4-15/h10,13-16H,2-9,11-12H2,1H3. The van der Waals surface area contributed by atoms with Gasteiger partial charge in [-0.2, -0.15) is 0 Å². The lowest BCUT2D eigenvalue weighted by atomic mass is 9.83. The second-order valence-electron chi connectivity index (χ2n) is 8.60. The molecule has 28 heavy (non-hydrogen) atoms. The van der Waals surface area contributed by atoms with Gasteiger partial charge in [-0.1, -0.05) is 0 Å². The summed E-state index contributed by atoms with van der Waals surface area (Å²) in [5, 5.41) is 0. The Hall–Kier alpha value is -2.38. The van der Waals surface area contributed by atoms with Gasteiger partial charge in [-0.05, 0) is 31.6 Å². The number of amides is 2. The molecule has 4 heterocycles. The largest absolute Gasteiger partial charge is 0.356 e. The van der Waals surface area contributed by atoms with E-state index in [1.54, 1.807) is 11.2 Å². The Bertz CT molecular complexity index is 782. The number of carbonyl (C=O) groups is 2. The van der Waals surface area contributed by atoms with Crippen molar-refractivity contribution in [3.63, 3.8) is 0 Å². The van der Waals surface area contributed by atoms with Crippen LogP contribution in [0.2, 0.25) is 0 Å². The SMILES string of the molecule is CN1CCN(c2cc(N3CCC4C(CCC(=O)N4C4CC4)C3)ncn2)CC1=O. The van der Waals surface area contributed by atoms with Gasteiger partial charge in [-0.15, -0.1) is 0 Å². The Morgan fingerprint density at radius 1 is 0.929 bits per heavy atom. The molecule has 1 saturated carbocycles. The molecule has 3 aliphatic heterocycles. The maximum Gasteiger partial charge on any atom is 0.241 e. The van der Waals surface area contributed by atoms with E-state index < -0.39 is 0 Å². The molecule has 4 fully saturated rings. The summed E-state index contributed by atoms with van der Waals surface area (Å²) >= 11 is 0. The van der Waals surface area contributed by atoms with Crippen LogP contribution in [-0.4, -0.2) is 83.4 Å². The van der Waals surface area contributed by atoms with Gasteiger partial charge in [0.15, 0.2) is 0 Å². The fraction of sp³-hybridized carbons (Fsp3) is 0.700. The van der Waals surface area contributed by atoms with E-state index in [-0.39, 0.29) is 5.91 Å². The second kappa shape index (κ2) is 6.90. The molecule has 8 heteroatoms. The molecule has 0 spiro atoms. The highest BCUT2D eigenvalue weighted by molar-refractivity contribution is 5.82. The summed E-state index contributed by atoms with van der Waals surface area (Å²) in [6, 6.07) is 2.93. The lowest BCUT2D eigenvalue weighted by molar-refractivity contribution is -0.140. The smallest absolute Gasteiger partial charge is 0.241 e. The van der Waals surface area contributed by atoms with Crippen LogP contribution in [-0.2, 0) is 9.59 Å². The van der Waals surface area contributed by atoms with E-state index >= 15 is 0 Å². The monoisotopic (exact) mass is 384 g/mol. The average molecular weight is 384 g/mol. The quantitative estimate of drug-likeness (QED) is 0.765. The highest BCUT2D eigenvalue weighted by Crippen LogP contribution is 2.39. The fourth-order valence-corrected chi connectivity index (χ4v) is 4.96. The maximum absolute atomic E-state index is 12.4. The fourth-order valence-electron chi connectivity index (χ4n) is 4.96. The number of nitrogens with zero attached hydrogens (tertiary/aromatic N) is 6. The van der Waals surface area contributed by atoms with Gasteiger partial charge in [-0.25, -0.2) is 9.97 Å². The third-order valence-electron chi connectivity index (χ3n) is 6.75. The first kappa shape index (κ1) is 17.7.